The average Bonchev–Trinajstić information content (AvgIpc) is 2.84. The average molecular weight is 542 g/mol. The molecule has 9 nitrogen and oxygen atoms in total. The van der Waals surface area contributed by atoms with Crippen LogP contribution >= 0.6 is 11.3 Å². The molecule has 1 saturated carbocycles. The molecule has 0 spiro atoms. The zero-order valence-electron chi connectivity index (χ0n) is 21.0. The lowest BCUT2D eigenvalue weighted by atomic mass is 9.87. The predicted molar refractivity (Wildman–Crippen MR) is 136 cm³/mol. The number of piperazine rings is 1. The van der Waals surface area contributed by atoms with Gasteiger partial charge in [-0.15, -0.1) is 0 Å². The van der Waals surface area contributed by atoms with Crippen LogP contribution in [0, 0.1) is 16.0 Å². The maximum atomic E-state index is 13.3. The number of fused-ring (bicyclic) bond motifs is 1. The predicted octanol–water partition coefficient (Wildman–Crippen LogP) is 5.07. The van der Waals surface area contributed by atoms with Gasteiger partial charge in [-0.25, -0.2) is 0 Å². The van der Waals surface area contributed by atoms with E-state index in [0.717, 1.165) is 49.3 Å². The Morgan fingerprint density at radius 2 is 1.86 bits per heavy atom. The second-order valence-corrected chi connectivity index (χ2v) is 10.7. The number of alkyl halides is 3. The fourth-order valence-corrected chi connectivity index (χ4v) is 6.27. The van der Waals surface area contributed by atoms with E-state index in [1.54, 1.807) is 0 Å². The standard InChI is InChI=1S/C24H30F3N5O4S/c1-4-36-29-18-7-5-16(6-8-18)13-31-14(2)11-30(12-15(31)3)23-28-22(33)19-9-17(24(25,26)27)10-20(32(34)35)21(19)37-23/h9-10,14-16H,4-8,11-13H2,1-3H3. The molecular formula is C24H30F3N5O4S. The van der Waals surface area contributed by atoms with Gasteiger partial charge in [0, 0.05) is 37.8 Å². The summed E-state index contributed by atoms with van der Waals surface area (Å²) in [6.07, 6.45) is -0.869. The van der Waals surface area contributed by atoms with Crippen molar-refractivity contribution in [2.75, 3.05) is 31.1 Å². The fourth-order valence-electron chi connectivity index (χ4n) is 5.19. The van der Waals surface area contributed by atoms with E-state index < -0.39 is 27.9 Å². The first-order valence-corrected chi connectivity index (χ1v) is 13.2. The number of rotatable bonds is 6. The van der Waals surface area contributed by atoms with Crippen molar-refractivity contribution in [3.8, 4) is 0 Å². The Bertz CT molecular complexity index is 1230. The molecule has 13 heteroatoms. The number of benzene rings is 1. The van der Waals surface area contributed by atoms with E-state index in [4.69, 9.17) is 4.84 Å². The normalized spacial score (nSPS) is 23.4. The van der Waals surface area contributed by atoms with E-state index in [9.17, 15) is 28.1 Å². The molecule has 2 aromatic rings. The number of nitro groups is 1. The maximum Gasteiger partial charge on any atom is 0.416 e. The second-order valence-electron chi connectivity index (χ2n) is 9.75. The minimum Gasteiger partial charge on any atom is -0.396 e. The molecule has 2 fully saturated rings. The third-order valence-electron chi connectivity index (χ3n) is 7.06. The number of hydrogen-bond donors (Lipinski definition) is 0. The number of nitrogens with zero attached hydrogens (tertiary/aromatic N) is 5. The van der Waals surface area contributed by atoms with Crippen LogP contribution in [0.15, 0.2) is 22.1 Å². The van der Waals surface area contributed by atoms with E-state index >= 15 is 0 Å². The number of oxime groups is 1. The molecule has 1 aliphatic carbocycles. The van der Waals surface area contributed by atoms with Gasteiger partial charge in [0.15, 0.2) is 5.13 Å². The molecule has 0 radical (unpaired) electrons. The summed E-state index contributed by atoms with van der Waals surface area (Å²) in [5.41, 5.74) is -1.76. The van der Waals surface area contributed by atoms with Gasteiger partial charge in [-0.2, -0.15) is 18.2 Å². The van der Waals surface area contributed by atoms with Gasteiger partial charge in [0.2, 0.25) is 0 Å². The maximum absolute atomic E-state index is 13.3. The lowest BCUT2D eigenvalue weighted by molar-refractivity contribution is -0.383. The third kappa shape index (κ3) is 6.03. The van der Waals surface area contributed by atoms with E-state index in [2.05, 4.69) is 28.9 Å². The molecule has 1 aromatic heterocycles. The van der Waals surface area contributed by atoms with E-state index in [-0.39, 0.29) is 27.3 Å². The van der Waals surface area contributed by atoms with Crippen LogP contribution in [0.2, 0.25) is 0 Å². The monoisotopic (exact) mass is 541 g/mol. The molecule has 2 unspecified atom stereocenters. The van der Waals surface area contributed by atoms with Crippen LogP contribution in [-0.2, 0) is 11.0 Å². The van der Waals surface area contributed by atoms with Crippen molar-refractivity contribution in [3.63, 3.8) is 0 Å². The van der Waals surface area contributed by atoms with Crippen molar-refractivity contribution < 1.29 is 22.9 Å². The van der Waals surface area contributed by atoms with Crippen LogP contribution < -0.4 is 10.5 Å². The molecule has 0 amide bonds. The van der Waals surface area contributed by atoms with Gasteiger partial charge in [0.05, 0.1) is 21.6 Å². The Morgan fingerprint density at radius 3 is 2.43 bits per heavy atom. The van der Waals surface area contributed by atoms with Crippen LogP contribution in [0.5, 0.6) is 0 Å². The summed E-state index contributed by atoms with van der Waals surface area (Å²) in [7, 11) is 0. The Morgan fingerprint density at radius 1 is 1.22 bits per heavy atom. The first kappa shape index (κ1) is 27.2. The summed E-state index contributed by atoms with van der Waals surface area (Å²) in [4.78, 5) is 37.0. The second kappa shape index (κ2) is 10.9. The highest BCUT2D eigenvalue weighted by Crippen LogP contribution is 2.39. The SMILES string of the molecule is CCON=C1CCC(CN2C(C)CN(c3nc(=O)c4cc(C(F)(F)F)cc([N+](=O)[O-])c4s3)CC2C)CC1. The van der Waals surface area contributed by atoms with Gasteiger partial charge >= 0.3 is 6.18 Å². The van der Waals surface area contributed by atoms with E-state index in [1.165, 1.54) is 0 Å². The van der Waals surface area contributed by atoms with Crippen molar-refractivity contribution in [1.82, 2.24) is 9.88 Å². The van der Waals surface area contributed by atoms with Crippen LogP contribution in [0.25, 0.3) is 10.1 Å². The lowest BCUT2D eigenvalue weighted by Crippen LogP contribution is -2.58. The molecule has 2 aliphatic rings. The molecular weight excluding hydrogens is 511 g/mol. The Hall–Kier alpha value is -2.80. The van der Waals surface area contributed by atoms with Crippen LogP contribution in [-0.4, -0.2) is 58.8 Å². The van der Waals surface area contributed by atoms with Crippen molar-refractivity contribution in [2.24, 2.45) is 11.1 Å². The van der Waals surface area contributed by atoms with Gasteiger partial charge < -0.3 is 9.74 Å². The number of non-ortho nitro benzene ring substituents is 1. The quantitative estimate of drug-likeness (QED) is 0.372. The molecule has 1 aromatic carbocycles. The molecule has 2 atom stereocenters. The number of hydrogen-bond acceptors (Lipinski definition) is 9. The van der Waals surface area contributed by atoms with E-state index in [0.29, 0.717) is 37.7 Å². The van der Waals surface area contributed by atoms with E-state index in [1.807, 2.05) is 11.8 Å². The van der Waals surface area contributed by atoms with Crippen molar-refractivity contribution in [1.29, 1.82) is 0 Å². The summed E-state index contributed by atoms with van der Waals surface area (Å²) in [5, 5.41) is 15.7. The molecule has 1 aliphatic heterocycles. The van der Waals surface area contributed by atoms with Gasteiger partial charge in [0.1, 0.15) is 11.3 Å². The van der Waals surface area contributed by atoms with Crippen molar-refractivity contribution in [2.45, 2.75) is 64.7 Å². The molecule has 37 heavy (non-hydrogen) atoms. The summed E-state index contributed by atoms with van der Waals surface area (Å²) < 4.78 is 39.7. The third-order valence-corrected chi connectivity index (χ3v) is 8.23. The zero-order chi connectivity index (χ0) is 26.9. The smallest absolute Gasteiger partial charge is 0.396 e. The van der Waals surface area contributed by atoms with Crippen LogP contribution in [0.3, 0.4) is 0 Å². The van der Waals surface area contributed by atoms with Gasteiger partial charge in [0.25, 0.3) is 11.2 Å². The molecule has 1 saturated heterocycles. The highest BCUT2D eigenvalue weighted by atomic mass is 32.1. The minimum atomic E-state index is -4.81. The highest BCUT2D eigenvalue weighted by molar-refractivity contribution is 7.22. The fraction of sp³-hybridized carbons (Fsp3) is 0.625. The molecule has 202 valence electrons. The summed E-state index contributed by atoms with van der Waals surface area (Å²) in [5.74, 6) is 0.539. The number of aromatic nitrogens is 1. The van der Waals surface area contributed by atoms with Crippen LogP contribution in [0.1, 0.15) is 52.0 Å². The van der Waals surface area contributed by atoms with Crippen LogP contribution in [0.4, 0.5) is 24.0 Å². The zero-order valence-corrected chi connectivity index (χ0v) is 21.8. The first-order chi connectivity index (χ1) is 17.5. The number of anilines is 1. The van der Waals surface area contributed by atoms with Crippen molar-refractivity contribution >= 4 is 38.0 Å². The lowest BCUT2D eigenvalue weighted by Gasteiger charge is -2.46. The Balaban J connectivity index is 1.53. The highest BCUT2D eigenvalue weighted by Gasteiger charge is 2.36. The molecule has 4 rings (SSSR count). The van der Waals surface area contributed by atoms with Gasteiger partial charge in [-0.3, -0.25) is 19.8 Å². The first-order valence-electron chi connectivity index (χ1n) is 12.4. The number of halogens is 3. The summed E-state index contributed by atoms with van der Waals surface area (Å²) >= 11 is 0.892. The topological polar surface area (TPSA) is 101 Å². The summed E-state index contributed by atoms with van der Waals surface area (Å²) in [6, 6.07) is 1.39. The molecule has 0 N–H and O–H groups in total. The molecule has 0 bridgehead atoms. The largest absolute Gasteiger partial charge is 0.416 e. The minimum absolute atomic E-state index is 0.0949. The molecule has 2 heterocycles. The summed E-state index contributed by atoms with van der Waals surface area (Å²) in [6.45, 7) is 8.70. The van der Waals surface area contributed by atoms with Crippen molar-refractivity contribution in [3.05, 3.63) is 38.2 Å². The number of nitro benzene ring substituents is 1. The van der Waals surface area contributed by atoms with Gasteiger partial charge in [-0.05, 0) is 58.4 Å². The Kier molecular flexibility index (Phi) is 8.02. The van der Waals surface area contributed by atoms with Gasteiger partial charge in [-0.1, -0.05) is 16.5 Å². The Labute approximate surface area is 216 Å².